The van der Waals surface area contributed by atoms with Crippen LogP contribution in [0.3, 0.4) is 0 Å². The second kappa shape index (κ2) is 6.21. The number of benzene rings is 1. The number of carboxylic acids is 1. The molecule has 0 atom stereocenters. The Morgan fingerprint density at radius 3 is 2.68 bits per heavy atom. The highest BCUT2D eigenvalue weighted by Gasteiger charge is 2.12. The molecule has 0 saturated carbocycles. The predicted molar refractivity (Wildman–Crippen MR) is 76.4 cm³/mol. The largest absolute Gasteiger partial charge is 0.475 e. The Labute approximate surface area is 126 Å². The van der Waals surface area contributed by atoms with Gasteiger partial charge in [0.2, 0.25) is 5.76 Å². The number of hydrogen-bond donors (Lipinski definition) is 1. The molecule has 0 spiro atoms. The lowest BCUT2D eigenvalue weighted by molar-refractivity contribution is 0.0660. The van der Waals surface area contributed by atoms with Crippen molar-refractivity contribution in [2.24, 2.45) is 0 Å². The maximum Gasteiger partial charge on any atom is 0.371 e. The van der Waals surface area contributed by atoms with Crippen LogP contribution in [0.4, 0.5) is 0 Å². The lowest BCUT2D eigenvalue weighted by atomic mass is 10.1. The molecule has 0 fully saturated rings. The van der Waals surface area contributed by atoms with Crippen LogP contribution >= 0.6 is 0 Å². The van der Waals surface area contributed by atoms with Crippen LogP contribution in [0, 0.1) is 0 Å². The molecule has 2 heterocycles. The molecule has 7 heteroatoms. The molecule has 0 radical (unpaired) electrons. The number of rotatable bonds is 6. The van der Waals surface area contributed by atoms with Crippen molar-refractivity contribution in [3.8, 4) is 0 Å². The number of aryl methyl sites for hydroxylation is 2. The summed E-state index contributed by atoms with van der Waals surface area (Å²) in [6, 6.07) is 13.1. The van der Waals surface area contributed by atoms with Gasteiger partial charge in [0.15, 0.2) is 5.82 Å². The summed E-state index contributed by atoms with van der Waals surface area (Å²) in [6.45, 7) is 0.310. The van der Waals surface area contributed by atoms with E-state index >= 15 is 0 Å². The first-order valence-corrected chi connectivity index (χ1v) is 6.83. The third kappa shape index (κ3) is 3.20. The lowest BCUT2D eigenvalue weighted by Crippen LogP contribution is -2.08. The summed E-state index contributed by atoms with van der Waals surface area (Å²) in [5.41, 5.74) is 1.21. The zero-order chi connectivity index (χ0) is 15.4. The van der Waals surface area contributed by atoms with E-state index in [-0.39, 0.29) is 5.76 Å². The van der Waals surface area contributed by atoms with E-state index in [9.17, 15) is 4.79 Å². The van der Waals surface area contributed by atoms with Gasteiger partial charge in [-0.25, -0.2) is 9.48 Å². The summed E-state index contributed by atoms with van der Waals surface area (Å²) in [4.78, 5) is 10.8. The van der Waals surface area contributed by atoms with Crippen molar-refractivity contribution in [3.63, 3.8) is 0 Å². The molecule has 0 saturated heterocycles. The molecule has 0 unspecified atom stereocenters. The number of carboxylic acid groups (broad SMARTS) is 1. The lowest BCUT2D eigenvalue weighted by Gasteiger charge is -2.03. The fourth-order valence-corrected chi connectivity index (χ4v) is 2.15. The zero-order valence-corrected chi connectivity index (χ0v) is 11.7. The summed E-state index contributed by atoms with van der Waals surface area (Å²) in [5.74, 6) is 0.0592. The highest BCUT2D eigenvalue weighted by Crippen LogP contribution is 2.11. The monoisotopic (exact) mass is 298 g/mol. The minimum Gasteiger partial charge on any atom is -0.475 e. The highest BCUT2D eigenvalue weighted by molar-refractivity contribution is 5.84. The van der Waals surface area contributed by atoms with Crippen molar-refractivity contribution in [3.05, 3.63) is 65.4 Å². The summed E-state index contributed by atoms with van der Waals surface area (Å²) >= 11 is 0. The topological polar surface area (TPSA) is 94.0 Å². The quantitative estimate of drug-likeness (QED) is 0.745. The van der Waals surface area contributed by atoms with Crippen molar-refractivity contribution >= 4 is 5.97 Å². The molecule has 0 aliphatic heterocycles. The van der Waals surface area contributed by atoms with Gasteiger partial charge in [-0.05, 0) is 34.5 Å². The zero-order valence-electron chi connectivity index (χ0n) is 11.7. The van der Waals surface area contributed by atoms with Gasteiger partial charge in [-0.2, -0.15) is 0 Å². The Morgan fingerprint density at radius 2 is 1.95 bits per heavy atom. The van der Waals surface area contributed by atoms with Crippen LogP contribution in [-0.2, 0) is 19.4 Å². The normalized spacial score (nSPS) is 10.7. The van der Waals surface area contributed by atoms with Crippen LogP contribution in [0.15, 0.2) is 46.9 Å². The molecule has 3 rings (SSSR count). The molecular weight excluding hydrogens is 284 g/mol. The SMILES string of the molecule is O=C(O)c1ccc(Cn2nnnc2CCc2ccccc2)o1. The summed E-state index contributed by atoms with van der Waals surface area (Å²) in [7, 11) is 0. The van der Waals surface area contributed by atoms with Crippen molar-refractivity contribution in [2.75, 3.05) is 0 Å². The Bertz CT molecular complexity index is 764. The predicted octanol–water partition coefficient (Wildman–Crippen LogP) is 1.80. The molecule has 0 amide bonds. The number of hydrogen-bond acceptors (Lipinski definition) is 5. The summed E-state index contributed by atoms with van der Waals surface area (Å²) in [5, 5.41) is 20.5. The van der Waals surface area contributed by atoms with Gasteiger partial charge in [-0.3, -0.25) is 0 Å². The first-order valence-electron chi connectivity index (χ1n) is 6.83. The molecule has 0 bridgehead atoms. The van der Waals surface area contributed by atoms with E-state index in [1.54, 1.807) is 10.7 Å². The Hall–Kier alpha value is -2.96. The number of tetrazole rings is 1. The molecule has 3 aromatic rings. The van der Waals surface area contributed by atoms with Crippen LogP contribution in [-0.4, -0.2) is 31.3 Å². The third-order valence-electron chi connectivity index (χ3n) is 3.26. The van der Waals surface area contributed by atoms with Gasteiger partial charge in [-0.1, -0.05) is 30.3 Å². The van der Waals surface area contributed by atoms with Gasteiger partial charge < -0.3 is 9.52 Å². The number of aromatic nitrogens is 4. The molecular formula is C15H14N4O3. The average molecular weight is 298 g/mol. The number of nitrogens with zero attached hydrogens (tertiary/aromatic N) is 4. The van der Waals surface area contributed by atoms with Crippen molar-refractivity contribution < 1.29 is 14.3 Å². The van der Waals surface area contributed by atoms with E-state index in [0.717, 1.165) is 12.2 Å². The molecule has 1 aromatic carbocycles. The number of carbonyl (C=O) groups is 1. The molecule has 22 heavy (non-hydrogen) atoms. The van der Waals surface area contributed by atoms with Gasteiger partial charge in [0.1, 0.15) is 12.3 Å². The van der Waals surface area contributed by atoms with Gasteiger partial charge in [0.25, 0.3) is 0 Å². The average Bonchev–Trinajstić information content (AvgIpc) is 3.16. The maximum absolute atomic E-state index is 10.8. The smallest absolute Gasteiger partial charge is 0.371 e. The minimum atomic E-state index is -1.09. The standard InChI is InChI=1S/C15H14N4O3/c20-15(21)13-8-7-12(22-13)10-19-14(16-17-18-19)9-6-11-4-2-1-3-5-11/h1-5,7-8H,6,9-10H2,(H,20,21). The van der Waals surface area contributed by atoms with E-state index in [0.29, 0.717) is 18.7 Å². The maximum atomic E-state index is 10.8. The van der Waals surface area contributed by atoms with Crippen molar-refractivity contribution in [1.29, 1.82) is 0 Å². The third-order valence-corrected chi connectivity index (χ3v) is 3.26. The van der Waals surface area contributed by atoms with Crippen LogP contribution in [0.25, 0.3) is 0 Å². The number of furan rings is 1. The Morgan fingerprint density at radius 1 is 1.14 bits per heavy atom. The molecule has 2 aromatic heterocycles. The molecule has 1 N–H and O–H groups in total. The second-order valence-corrected chi connectivity index (χ2v) is 4.81. The van der Waals surface area contributed by atoms with E-state index in [4.69, 9.17) is 9.52 Å². The van der Waals surface area contributed by atoms with Gasteiger partial charge >= 0.3 is 5.97 Å². The first kappa shape index (κ1) is 14.0. The summed E-state index contributed by atoms with van der Waals surface area (Å²) < 4.78 is 6.84. The molecule has 7 nitrogen and oxygen atoms in total. The van der Waals surface area contributed by atoms with Gasteiger partial charge in [0, 0.05) is 6.42 Å². The van der Waals surface area contributed by atoms with Crippen LogP contribution < -0.4 is 0 Å². The van der Waals surface area contributed by atoms with Crippen molar-refractivity contribution in [2.45, 2.75) is 19.4 Å². The fourth-order valence-electron chi connectivity index (χ4n) is 2.15. The Balaban J connectivity index is 1.67. The van der Waals surface area contributed by atoms with Crippen LogP contribution in [0.5, 0.6) is 0 Å². The second-order valence-electron chi connectivity index (χ2n) is 4.81. The van der Waals surface area contributed by atoms with E-state index in [1.165, 1.54) is 11.6 Å². The van der Waals surface area contributed by atoms with E-state index in [2.05, 4.69) is 27.7 Å². The summed E-state index contributed by atoms with van der Waals surface area (Å²) in [6.07, 6.45) is 1.53. The highest BCUT2D eigenvalue weighted by atomic mass is 16.4. The minimum absolute atomic E-state index is 0.0890. The molecule has 0 aliphatic rings. The van der Waals surface area contributed by atoms with E-state index in [1.807, 2.05) is 18.2 Å². The fraction of sp³-hybridized carbons (Fsp3) is 0.200. The van der Waals surface area contributed by atoms with E-state index < -0.39 is 5.97 Å². The van der Waals surface area contributed by atoms with Crippen LogP contribution in [0.2, 0.25) is 0 Å². The number of aromatic carboxylic acids is 1. The van der Waals surface area contributed by atoms with Gasteiger partial charge in [-0.15, -0.1) is 5.10 Å². The molecule has 112 valence electrons. The van der Waals surface area contributed by atoms with Crippen LogP contribution in [0.1, 0.15) is 27.7 Å². The molecule has 0 aliphatic carbocycles. The van der Waals surface area contributed by atoms with Gasteiger partial charge in [0.05, 0.1) is 0 Å². The first-order chi connectivity index (χ1) is 10.7. The Kier molecular flexibility index (Phi) is 3.95. The van der Waals surface area contributed by atoms with Crippen molar-refractivity contribution in [1.82, 2.24) is 20.2 Å².